The average Bonchev–Trinajstić information content (AvgIpc) is 3.11. The molecule has 7 nitrogen and oxygen atoms in total. The maximum Gasteiger partial charge on any atom is 0.266 e. The third-order valence-corrected chi connectivity index (χ3v) is 6.95. The van der Waals surface area contributed by atoms with E-state index in [2.05, 4.69) is 24.0 Å². The Morgan fingerprint density at radius 1 is 1.25 bits per heavy atom. The van der Waals surface area contributed by atoms with Crippen molar-refractivity contribution in [1.29, 1.82) is 5.41 Å². The predicted molar refractivity (Wildman–Crippen MR) is 108 cm³/mol. The van der Waals surface area contributed by atoms with Gasteiger partial charge in [-0.25, -0.2) is 12.7 Å². The van der Waals surface area contributed by atoms with Crippen LogP contribution in [0.2, 0.25) is 0 Å². The van der Waals surface area contributed by atoms with Crippen LogP contribution in [0.5, 0.6) is 0 Å². The highest BCUT2D eigenvalue weighted by Crippen LogP contribution is 2.26. The Bertz CT molecular complexity index is 877. The summed E-state index contributed by atoms with van der Waals surface area (Å²) in [4.78, 5) is 13.2. The molecule has 1 aliphatic heterocycles. The molecule has 0 radical (unpaired) electrons. The molecule has 0 aromatic heterocycles. The van der Waals surface area contributed by atoms with Gasteiger partial charge in [-0.15, -0.1) is 0 Å². The quantitative estimate of drug-likeness (QED) is 0.538. The van der Waals surface area contributed by atoms with E-state index in [1.54, 1.807) is 24.3 Å². The van der Waals surface area contributed by atoms with Crippen LogP contribution in [0.3, 0.4) is 0 Å². The van der Waals surface area contributed by atoms with Gasteiger partial charge in [0.2, 0.25) is 11.9 Å². The number of carbonyl (C=O) groups is 1. The summed E-state index contributed by atoms with van der Waals surface area (Å²) < 4.78 is 27.2. The minimum Gasteiger partial charge on any atom is -0.352 e. The second-order valence-electron chi connectivity index (χ2n) is 6.92. The summed E-state index contributed by atoms with van der Waals surface area (Å²) in [5.74, 6) is -0.165. The summed E-state index contributed by atoms with van der Waals surface area (Å²) in [6, 6.07) is 6.83. The first-order chi connectivity index (χ1) is 13.4. The molecule has 28 heavy (non-hydrogen) atoms. The van der Waals surface area contributed by atoms with Crippen molar-refractivity contribution < 1.29 is 13.2 Å². The summed E-state index contributed by atoms with van der Waals surface area (Å²) in [6.45, 7) is 4.71. The fourth-order valence-corrected chi connectivity index (χ4v) is 4.95. The highest BCUT2D eigenvalue weighted by atomic mass is 32.2. The molecule has 0 saturated carbocycles. The molecule has 1 amide bonds. The molecule has 3 rings (SSSR count). The lowest BCUT2D eigenvalue weighted by Crippen LogP contribution is -2.42. The highest BCUT2D eigenvalue weighted by molar-refractivity contribution is 7.89. The van der Waals surface area contributed by atoms with Gasteiger partial charge in [-0.2, -0.15) is 0 Å². The van der Waals surface area contributed by atoms with Crippen LogP contribution in [0.4, 0.5) is 0 Å². The van der Waals surface area contributed by atoms with Crippen molar-refractivity contribution in [3.63, 3.8) is 0 Å². The van der Waals surface area contributed by atoms with E-state index in [4.69, 9.17) is 5.41 Å². The van der Waals surface area contributed by atoms with Gasteiger partial charge >= 0.3 is 0 Å². The Kier molecular flexibility index (Phi) is 6.18. The molecule has 0 spiro atoms. The van der Waals surface area contributed by atoms with Gasteiger partial charge in [0.15, 0.2) is 0 Å². The summed E-state index contributed by atoms with van der Waals surface area (Å²) >= 11 is 0. The zero-order valence-corrected chi connectivity index (χ0v) is 16.6. The van der Waals surface area contributed by atoms with E-state index in [1.807, 2.05) is 4.90 Å². The van der Waals surface area contributed by atoms with Crippen molar-refractivity contribution in [3.8, 4) is 0 Å². The molecular weight excluding hydrogens is 376 g/mol. The summed E-state index contributed by atoms with van der Waals surface area (Å²) in [7, 11) is -3.75. The number of nitrogens with zero attached hydrogens (tertiary/aromatic N) is 2. The van der Waals surface area contributed by atoms with Crippen molar-refractivity contribution in [2.45, 2.75) is 36.6 Å². The van der Waals surface area contributed by atoms with Gasteiger partial charge in [-0.05, 0) is 49.5 Å². The molecule has 1 atom stereocenters. The number of carbonyl (C=O) groups excluding carboxylic acids is 1. The number of rotatable bonds is 7. The molecule has 1 fully saturated rings. The van der Waals surface area contributed by atoms with Crippen LogP contribution in [0.25, 0.3) is 0 Å². The molecule has 0 bridgehead atoms. The molecule has 1 saturated heterocycles. The molecule has 2 aliphatic rings. The van der Waals surface area contributed by atoms with Crippen molar-refractivity contribution in [3.05, 3.63) is 54.6 Å². The van der Waals surface area contributed by atoms with Crippen molar-refractivity contribution in [1.82, 2.24) is 14.5 Å². The minimum absolute atomic E-state index is 0.0662. The van der Waals surface area contributed by atoms with E-state index in [9.17, 15) is 13.2 Å². The average molecular weight is 403 g/mol. The second-order valence-corrected chi connectivity index (χ2v) is 8.78. The minimum atomic E-state index is -3.75. The lowest BCUT2D eigenvalue weighted by Gasteiger charge is -2.30. The number of amides is 1. The van der Waals surface area contributed by atoms with E-state index in [-0.39, 0.29) is 22.8 Å². The van der Waals surface area contributed by atoms with Gasteiger partial charge in [0.05, 0.1) is 11.4 Å². The third-order valence-electron chi connectivity index (χ3n) is 5.14. The Balaban J connectivity index is 1.65. The molecule has 1 unspecified atom stereocenters. The van der Waals surface area contributed by atoms with Gasteiger partial charge in [-0.1, -0.05) is 30.9 Å². The van der Waals surface area contributed by atoms with Crippen LogP contribution in [-0.4, -0.2) is 55.2 Å². The second kappa shape index (κ2) is 8.60. The van der Waals surface area contributed by atoms with Crippen LogP contribution in [0.1, 0.15) is 24.8 Å². The zero-order valence-electron chi connectivity index (χ0n) is 15.8. The van der Waals surface area contributed by atoms with Crippen LogP contribution in [0, 0.1) is 5.41 Å². The van der Waals surface area contributed by atoms with E-state index < -0.39 is 10.0 Å². The first-order valence-corrected chi connectivity index (χ1v) is 10.9. The monoisotopic (exact) mass is 402 g/mol. The number of allylic oxidation sites excluding steroid dienone is 1. The summed E-state index contributed by atoms with van der Waals surface area (Å²) in [6.07, 6.45) is 8.83. The van der Waals surface area contributed by atoms with Gasteiger partial charge in [0.1, 0.15) is 0 Å². The van der Waals surface area contributed by atoms with E-state index >= 15 is 0 Å². The van der Waals surface area contributed by atoms with E-state index in [0.29, 0.717) is 26.1 Å². The lowest BCUT2D eigenvalue weighted by molar-refractivity contribution is -0.116. The predicted octanol–water partition coefficient (Wildman–Crippen LogP) is 1.88. The highest BCUT2D eigenvalue weighted by Gasteiger charge is 2.37. The molecular formula is C20H26N4O3S. The first kappa shape index (κ1) is 20.1. The Morgan fingerprint density at radius 3 is 2.64 bits per heavy atom. The van der Waals surface area contributed by atoms with Gasteiger partial charge in [0.25, 0.3) is 10.0 Å². The normalized spacial score (nSPS) is 19.7. The fraction of sp³-hybridized carbons (Fsp3) is 0.400. The maximum absolute atomic E-state index is 13.0. The number of nitrogens with one attached hydrogen (secondary N) is 2. The number of sulfonamides is 1. The topological polar surface area (TPSA) is 93.6 Å². The van der Waals surface area contributed by atoms with Gasteiger partial charge in [-0.3, -0.25) is 10.2 Å². The first-order valence-electron chi connectivity index (χ1n) is 9.45. The van der Waals surface area contributed by atoms with Crippen LogP contribution in [0.15, 0.2) is 54.0 Å². The molecule has 1 aliphatic carbocycles. The summed E-state index contributed by atoms with van der Waals surface area (Å²) in [5, 5.41) is 11.1. The standard InChI is InChI=1S/C20H26N4O3S/c1-2-19(25)22-13-12-16-8-10-18(11-9-16)28(26,27)24-15-14-23(20(24)21)17-6-4-3-5-7-17/h2-4,8-11,17,21H,1,5-7,12-15H2,(H,22,25). The Morgan fingerprint density at radius 2 is 2.00 bits per heavy atom. The van der Waals surface area contributed by atoms with E-state index in [1.165, 1.54) is 10.4 Å². The molecule has 1 heterocycles. The van der Waals surface area contributed by atoms with Crippen LogP contribution >= 0.6 is 0 Å². The van der Waals surface area contributed by atoms with Gasteiger partial charge < -0.3 is 10.2 Å². The van der Waals surface area contributed by atoms with Crippen molar-refractivity contribution in [2.24, 2.45) is 0 Å². The van der Waals surface area contributed by atoms with Crippen molar-refractivity contribution >= 4 is 21.9 Å². The van der Waals surface area contributed by atoms with Crippen molar-refractivity contribution in [2.75, 3.05) is 19.6 Å². The maximum atomic E-state index is 13.0. The third kappa shape index (κ3) is 4.27. The number of hydrogen-bond donors (Lipinski definition) is 2. The number of benzene rings is 1. The molecule has 150 valence electrons. The zero-order chi connectivity index (χ0) is 20.1. The molecule has 2 N–H and O–H groups in total. The lowest BCUT2D eigenvalue weighted by atomic mass is 10.0. The molecule has 1 aromatic rings. The Hall–Kier alpha value is -2.61. The van der Waals surface area contributed by atoms with Crippen LogP contribution in [-0.2, 0) is 21.2 Å². The smallest absolute Gasteiger partial charge is 0.266 e. The largest absolute Gasteiger partial charge is 0.352 e. The SMILES string of the molecule is C=CC(=O)NCCc1ccc(S(=O)(=O)N2CCN(C3CC=CCC3)C2=N)cc1. The Labute approximate surface area is 166 Å². The molecule has 8 heteroatoms. The summed E-state index contributed by atoms with van der Waals surface area (Å²) in [5.41, 5.74) is 0.926. The van der Waals surface area contributed by atoms with Crippen LogP contribution < -0.4 is 5.32 Å². The van der Waals surface area contributed by atoms with E-state index in [0.717, 1.165) is 24.8 Å². The number of guanidine groups is 1. The fourth-order valence-electron chi connectivity index (χ4n) is 3.56. The molecule has 1 aromatic carbocycles. The number of hydrogen-bond acceptors (Lipinski definition) is 4. The van der Waals surface area contributed by atoms with Gasteiger partial charge in [0, 0.05) is 19.1 Å².